The van der Waals surface area contributed by atoms with Crippen molar-refractivity contribution in [2.75, 3.05) is 13.2 Å². The highest BCUT2D eigenvalue weighted by molar-refractivity contribution is 5.84. The lowest BCUT2D eigenvalue weighted by Gasteiger charge is -2.42. The molecule has 2 saturated heterocycles. The van der Waals surface area contributed by atoms with Crippen LogP contribution in [-0.4, -0.2) is 41.9 Å². The minimum Gasteiger partial charge on any atom is -0.378 e. The van der Waals surface area contributed by atoms with Crippen LogP contribution in [-0.2, 0) is 14.3 Å². The maximum absolute atomic E-state index is 12.8. The number of rotatable bonds is 2. The molecule has 0 aromatic rings. The molecule has 21 heavy (non-hydrogen) atoms. The Morgan fingerprint density at radius 3 is 2.71 bits per heavy atom. The lowest BCUT2D eigenvalue weighted by molar-refractivity contribution is -0.143. The van der Waals surface area contributed by atoms with Gasteiger partial charge in [0.2, 0.25) is 5.91 Å². The fourth-order valence-corrected chi connectivity index (χ4v) is 4.29. The van der Waals surface area contributed by atoms with Crippen LogP contribution < -0.4 is 0 Å². The van der Waals surface area contributed by atoms with E-state index in [4.69, 9.17) is 4.74 Å². The second kappa shape index (κ2) is 6.47. The number of piperidine rings is 1. The van der Waals surface area contributed by atoms with E-state index in [2.05, 4.69) is 0 Å². The van der Waals surface area contributed by atoms with Crippen molar-refractivity contribution in [2.24, 2.45) is 11.8 Å². The first-order chi connectivity index (χ1) is 10.2. The van der Waals surface area contributed by atoms with E-state index in [0.717, 1.165) is 51.5 Å². The largest absolute Gasteiger partial charge is 0.378 e. The molecular weight excluding hydrogens is 266 g/mol. The van der Waals surface area contributed by atoms with Crippen molar-refractivity contribution in [1.82, 2.24) is 4.90 Å². The number of hydrogen-bond acceptors (Lipinski definition) is 3. The Hall–Kier alpha value is -0.900. The molecule has 0 bridgehead atoms. The second-order valence-corrected chi connectivity index (χ2v) is 6.99. The van der Waals surface area contributed by atoms with E-state index in [1.807, 2.05) is 11.8 Å². The fraction of sp³-hybridized carbons (Fsp3) is 0.882. The molecule has 0 radical (unpaired) electrons. The Labute approximate surface area is 127 Å². The molecule has 1 aliphatic carbocycles. The van der Waals surface area contributed by atoms with Crippen LogP contribution in [0, 0.1) is 11.8 Å². The van der Waals surface area contributed by atoms with Gasteiger partial charge in [0.25, 0.3) is 0 Å². The van der Waals surface area contributed by atoms with E-state index in [-0.39, 0.29) is 29.9 Å². The number of nitrogens with zero attached hydrogens (tertiary/aromatic N) is 1. The van der Waals surface area contributed by atoms with Crippen LogP contribution in [0.2, 0.25) is 0 Å². The molecule has 3 aliphatic rings. The Bertz CT molecular complexity index is 409. The molecule has 2 aliphatic heterocycles. The van der Waals surface area contributed by atoms with Gasteiger partial charge in [0.05, 0.1) is 18.6 Å². The number of Topliss-reactive ketones (excluding diaryl/α,β-unsaturated/α-hetero) is 1. The van der Waals surface area contributed by atoms with Crippen molar-refractivity contribution >= 4 is 11.7 Å². The van der Waals surface area contributed by atoms with Crippen LogP contribution in [0.3, 0.4) is 0 Å². The summed E-state index contributed by atoms with van der Waals surface area (Å²) >= 11 is 0. The summed E-state index contributed by atoms with van der Waals surface area (Å²) < 4.78 is 5.56. The lowest BCUT2D eigenvalue weighted by atomic mass is 9.78. The molecule has 0 aromatic carbocycles. The van der Waals surface area contributed by atoms with Crippen molar-refractivity contribution < 1.29 is 14.3 Å². The summed E-state index contributed by atoms with van der Waals surface area (Å²) in [4.78, 5) is 27.2. The molecule has 0 spiro atoms. The highest BCUT2D eigenvalue weighted by atomic mass is 16.5. The Morgan fingerprint density at radius 2 is 2.00 bits per heavy atom. The molecule has 0 aromatic heterocycles. The molecule has 0 N–H and O–H groups in total. The summed E-state index contributed by atoms with van der Waals surface area (Å²) in [7, 11) is 0. The average Bonchev–Trinajstić information content (AvgIpc) is 2.94. The summed E-state index contributed by atoms with van der Waals surface area (Å²) in [6.07, 6.45) is 8.12. The minimum absolute atomic E-state index is 0.0132. The molecule has 3 rings (SSSR count). The van der Waals surface area contributed by atoms with Gasteiger partial charge in [0.15, 0.2) is 0 Å². The van der Waals surface area contributed by atoms with Crippen LogP contribution in [0.25, 0.3) is 0 Å². The highest BCUT2D eigenvalue weighted by Gasteiger charge is 2.40. The van der Waals surface area contributed by atoms with Gasteiger partial charge in [-0.1, -0.05) is 6.42 Å². The van der Waals surface area contributed by atoms with Gasteiger partial charge in [0.1, 0.15) is 5.78 Å². The minimum atomic E-state index is 0.0132. The third-order valence-corrected chi connectivity index (χ3v) is 5.45. The van der Waals surface area contributed by atoms with E-state index >= 15 is 0 Å². The van der Waals surface area contributed by atoms with Gasteiger partial charge in [-0.15, -0.1) is 0 Å². The van der Waals surface area contributed by atoms with Crippen molar-refractivity contribution in [3.63, 3.8) is 0 Å². The number of likely N-dealkylation sites (tertiary alicyclic amines) is 1. The molecular formula is C17H27NO3. The molecule has 4 unspecified atom stereocenters. The Kier molecular flexibility index (Phi) is 4.63. The zero-order chi connectivity index (χ0) is 14.8. The van der Waals surface area contributed by atoms with Crippen LogP contribution >= 0.6 is 0 Å². The molecule has 3 fully saturated rings. The van der Waals surface area contributed by atoms with Gasteiger partial charge in [-0.05, 0) is 45.4 Å². The normalized spacial score (nSPS) is 37.8. The van der Waals surface area contributed by atoms with E-state index in [0.29, 0.717) is 18.8 Å². The second-order valence-electron chi connectivity index (χ2n) is 6.99. The SMILES string of the molecule is CC1CC(C(=O)N2CCCCC2C2CCCCC2=O)CO1. The predicted molar refractivity (Wildman–Crippen MR) is 79.8 cm³/mol. The van der Waals surface area contributed by atoms with Crippen LogP contribution in [0.4, 0.5) is 0 Å². The van der Waals surface area contributed by atoms with Crippen molar-refractivity contribution in [2.45, 2.75) is 70.4 Å². The van der Waals surface area contributed by atoms with Gasteiger partial charge in [-0.3, -0.25) is 9.59 Å². The third kappa shape index (κ3) is 3.15. The van der Waals surface area contributed by atoms with Crippen LogP contribution in [0.5, 0.6) is 0 Å². The standard InChI is InChI=1S/C17H27NO3/c1-12-10-13(11-21-12)17(20)18-9-5-4-7-15(18)14-6-2-3-8-16(14)19/h12-15H,2-11H2,1H3. The molecule has 4 atom stereocenters. The Balaban J connectivity index is 1.71. The molecule has 4 heteroatoms. The molecule has 118 valence electrons. The fourth-order valence-electron chi connectivity index (χ4n) is 4.29. The predicted octanol–water partition coefficient (Wildman–Crippen LogP) is 2.55. The summed E-state index contributed by atoms with van der Waals surface area (Å²) in [6, 6.07) is 0.162. The van der Waals surface area contributed by atoms with Gasteiger partial charge in [-0.25, -0.2) is 0 Å². The summed E-state index contributed by atoms with van der Waals surface area (Å²) in [6.45, 7) is 3.42. The quantitative estimate of drug-likeness (QED) is 0.786. The Morgan fingerprint density at radius 1 is 1.19 bits per heavy atom. The molecule has 4 nitrogen and oxygen atoms in total. The third-order valence-electron chi connectivity index (χ3n) is 5.45. The zero-order valence-corrected chi connectivity index (χ0v) is 13.1. The van der Waals surface area contributed by atoms with Crippen molar-refractivity contribution in [3.05, 3.63) is 0 Å². The van der Waals surface area contributed by atoms with Crippen LogP contribution in [0.1, 0.15) is 58.3 Å². The first-order valence-electron chi connectivity index (χ1n) is 8.61. The van der Waals surface area contributed by atoms with Crippen LogP contribution in [0.15, 0.2) is 0 Å². The maximum atomic E-state index is 12.8. The topological polar surface area (TPSA) is 46.6 Å². The van der Waals surface area contributed by atoms with Gasteiger partial charge in [-0.2, -0.15) is 0 Å². The maximum Gasteiger partial charge on any atom is 0.228 e. The highest BCUT2D eigenvalue weighted by Crippen LogP contribution is 2.33. The van der Waals surface area contributed by atoms with E-state index < -0.39 is 0 Å². The number of amides is 1. The summed E-state index contributed by atoms with van der Waals surface area (Å²) in [5, 5.41) is 0. The average molecular weight is 293 g/mol. The smallest absolute Gasteiger partial charge is 0.228 e. The van der Waals surface area contributed by atoms with Gasteiger partial charge < -0.3 is 9.64 Å². The number of ketones is 1. The van der Waals surface area contributed by atoms with Gasteiger partial charge >= 0.3 is 0 Å². The number of hydrogen-bond donors (Lipinski definition) is 0. The van der Waals surface area contributed by atoms with Gasteiger partial charge in [0, 0.05) is 24.9 Å². The van der Waals surface area contributed by atoms with E-state index in [1.165, 1.54) is 0 Å². The first kappa shape index (κ1) is 15.0. The zero-order valence-electron chi connectivity index (χ0n) is 13.1. The first-order valence-corrected chi connectivity index (χ1v) is 8.61. The monoisotopic (exact) mass is 293 g/mol. The number of ether oxygens (including phenoxy) is 1. The number of carbonyl (C=O) groups is 2. The summed E-state index contributed by atoms with van der Waals surface area (Å²) in [5.74, 6) is 0.742. The summed E-state index contributed by atoms with van der Waals surface area (Å²) in [5.41, 5.74) is 0. The van der Waals surface area contributed by atoms with Crippen molar-refractivity contribution in [3.8, 4) is 0 Å². The molecule has 1 amide bonds. The van der Waals surface area contributed by atoms with Crippen molar-refractivity contribution in [1.29, 1.82) is 0 Å². The molecule has 2 heterocycles. The van der Waals surface area contributed by atoms with E-state index in [1.54, 1.807) is 0 Å². The lowest BCUT2D eigenvalue weighted by Crippen LogP contribution is -2.52. The number of carbonyl (C=O) groups excluding carboxylic acids is 2. The van der Waals surface area contributed by atoms with E-state index in [9.17, 15) is 9.59 Å². The molecule has 1 saturated carbocycles.